The Morgan fingerprint density at radius 2 is 1.96 bits per heavy atom. The molecule has 1 aliphatic rings. The van der Waals surface area contributed by atoms with E-state index in [1.54, 1.807) is 0 Å². The molecular weight excluding hydrogens is 354 g/mol. The van der Waals surface area contributed by atoms with E-state index in [0.29, 0.717) is 6.54 Å². The summed E-state index contributed by atoms with van der Waals surface area (Å²) in [5.74, 6) is 0.0908. The third-order valence-electron chi connectivity index (χ3n) is 4.82. The van der Waals surface area contributed by atoms with Crippen LogP contribution >= 0.6 is 15.9 Å². The van der Waals surface area contributed by atoms with Gasteiger partial charge in [0.15, 0.2) is 0 Å². The molecule has 1 aromatic heterocycles. The van der Waals surface area contributed by atoms with Gasteiger partial charge in [-0.25, -0.2) is 0 Å². The average molecular weight is 376 g/mol. The zero-order chi connectivity index (χ0) is 16.6. The molecule has 1 amide bonds. The Kier molecular flexibility index (Phi) is 4.34. The second-order valence-electron chi connectivity index (χ2n) is 6.66. The van der Waals surface area contributed by atoms with E-state index >= 15 is 0 Å². The molecule has 5 heteroatoms. The second-order valence-corrected chi connectivity index (χ2v) is 7.58. The number of hydrogen-bond acceptors (Lipinski definition) is 2. The van der Waals surface area contributed by atoms with E-state index in [1.165, 1.54) is 0 Å². The summed E-state index contributed by atoms with van der Waals surface area (Å²) in [7, 11) is 1.95. The monoisotopic (exact) mass is 375 g/mol. The van der Waals surface area contributed by atoms with Crippen molar-refractivity contribution in [1.29, 1.82) is 0 Å². The Bertz CT molecular complexity index is 722. The minimum absolute atomic E-state index is 0.0510. The average Bonchev–Trinajstić information content (AvgIpc) is 3.12. The van der Waals surface area contributed by atoms with E-state index in [9.17, 15) is 4.79 Å². The summed E-state index contributed by atoms with van der Waals surface area (Å²) in [6.07, 6.45) is 0.971. The minimum Gasteiger partial charge on any atom is -0.340 e. The Morgan fingerprint density at radius 1 is 1.26 bits per heavy atom. The molecule has 122 valence electrons. The SMILES string of the molecule is Cn1c(C(=O)N2CCC(C)(CN)C2)ccc1-c1ccc(Br)cc1. The summed E-state index contributed by atoms with van der Waals surface area (Å²) in [6.45, 7) is 4.29. The van der Waals surface area contributed by atoms with Gasteiger partial charge in [-0.15, -0.1) is 0 Å². The van der Waals surface area contributed by atoms with Gasteiger partial charge in [0.2, 0.25) is 0 Å². The lowest BCUT2D eigenvalue weighted by Crippen LogP contribution is -2.35. The lowest BCUT2D eigenvalue weighted by molar-refractivity contribution is 0.0767. The van der Waals surface area contributed by atoms with Crippen LogP contribution in [0.4, 0.5) is 0 Å². The number of aromatic nitrogens is 1. The number of nitrogens with two attached hydrogens (primary N) is 1. The lowest BCUT2D eigenvalue weighted by Gasteiger charge is -2.22. The van der Waals surface area contributed by atoms with E-state index in [4.69, 9.17) is 5.73 Å². The summed E-state index contributed by atoms with van der Waals surface area (Å²) in [5, 5.41) is 0. The van der Waals surface area contributed by atoms with Gasteiger partial charge in [-0.05, 0) is 48.2 Å². The molecule has 23 heavy (non-hydrogen) atoms. The Balaban J connectivity index is 1.85. The highest BCUT2D eigenvalue weighted by Crippen LogP contribution is 2.30. The van der Waals surface area contributed by atoms with Crippen molar-refractivity contribution < 1.29 is 4.79 Å². The first-order valence-corrected chi connectivity index (χ1v) is 8.64. The van der Waals surface area contributed by atoms with Crippen LogP contribution < -0.4 is 5.73 Å². The number of carbonyl (C=O) groups excluding carboxylic acids is 1. The fraction of sp³-hybridized carbons (Fsp3) is 0.389. The fourth-order valence-corrected chi connectivity index (χ4v) is 3.43. The third-order valence-corrected chi connectivity index (χ3v) is 5.35. The summed E-state index contributed by atoms with van der Waals surface area (Å²) in [6, 6.07) is 12.0. The first-order chi connectivity index (χ1) is 10.9. The maximum Gasteiger partial charge on any atom is 0.270 e. The van der Waals surface area contributed by atoms with E-state index in [0.717, 1.165) is 40.9 Å². The maximum atomic E-state index is 12.8. The van der Waals surface area contributed by atoms with E-state index in [2.05, 4.69) is 35.0 Å². The Morgan fingerprint density at radius 3 is 2.57 bits per heavy atom. The van der Waals surface area contributed by atoms with Crippen molar-refractivity contribution in [3.05, 3.63) is 46.6 Å². The third kappa shape index (κ3) is 3.08. The van der Waals surface area contributed by atoms with Gasteiger partial charge in [0.25, 0.3) is 5.91 Å². The standard InChI is InChI=1S/C18H22BrN3O/c1-18(11-20)9-10-22(12-18)17(23)16-8-7-15(21(16)2)13-3-5-14(19)6-4-13/h3-8H,9-12,20H2,1-2H3. The molecule has 0 radical (unpaired) electrons. The quantitative estimate of drug-likeness (QED) is 0.894. The minimum atomic E-state index is 0.0510. The number of nitrogens with zero attached hydrogens (tertiary/aromatic N) is 2. The highest BCUT2D eigenvalue weighted by molar-refractivity contribution is 9.10. The van der Waals surface area contributed by atoms with Gasteiger partial charge in [-0.1, -0.05) is 35.0 Å². The molecular formula is C18H22BrN3O. The summed E-state index contributed by atoms with van der Waals surface area (Å²) in [5.41, 5.74) is 8.76. The number of amides is 1. The number of hydrogen-bond donors (Lipinski definition) is 1. The van der Waals surface area contributed by atoms with Crippen LogP contribution in [0.1, 0.15) is 23.8 Å². The van der Waals surface area contributed by atoms with Crippen LogP contribution in [0.5, 0.6) is 0 Å². The highest BCUT2D eigenvalue weighted by atomic mass is 79.9. The maximum absolute atomic E-state index is 12.8. The molecule has 2 aromatic rings. The van der Waals surface area contributed by atoms with Gasteiger partial charge < -0.3 is 15.2 Å². The van der Waals surface area contributed by atoms with Crippen molar-refractivity contribution in [2.24, 2.45) is 18.2 Å². The first kappa shape index (κ1) is 16.3. The zero-order valence-electron chi connectivity index (χ0n) is 13.6. The molecule has 0 bridgehead atoms. The molecule has 1 fully saturated rings. The highest BCUT2D eigenvalue weighted by Gasteiger charge is 2.35. The Hall–Kier alpha value is -1.59. The van der Waals surface area contributed by atoms with Crippen LogP contribution in [0.25, 0.3) is 11.3 Å². The lowest BCUT2D eigenvalue weighted by atomic mass is 9.90. The van der Waals surface area contributed by atoms with Gasteiger partial charge >= 0.3 is 0 Å². The molecule has 2 heterocycles. The van der Waals surface area contributed by atoms with E-state index in [1.807, 2.05) is 40.8 Å². The number of halogens is 1. The van der Waals surface area contributed by atoms with Gasteiger partial charge in [-0.2, -0.15) is 0 Å². The van der Waals surface area contributed by atoms with Crippen LogP contribution in [0.15, 0.2) is 40.9 Å². The molecule has 1 saturated heterocycles. The summed E-state index contributed by atoms with van der Waals surface area (Å²) < 4.78 is 3.02. The summed E-state index contributed by atoms with van der Waals surface area (Å²) >= 11 is 3.45. The molecule has 4 nitrogen and oxygen atoms in total. The van der Waals surface area contributed by atoms with Crippen LogP contribution in [-0.4, -0.2) is 35.0 Å². The Labute approximate surface area is 145 Å². The van der Waals surface area contributed by atoms with Gasteiger partial charge in [0.1, 0.15) is 5.69 Å². The summed E-state index contributed by atoms with van der Waals surface area (Å²) in [4.78, 5) is 14.8. The fourth-order valence-electron chi connectivity index (χ4n) is 3.16. The molecule has 0 aliphatic carbocycles. The molecule has 0 spiro atoms. The van der Waals surface area contributed by atoms with Crippen molar-refractivity contribution in [1.82, 2.24) is 9.47 Å². The molecule has 2 N–H and O–H groups in total. The van der Waals surface area contributed by atoms with Crippen molar-refractivity contribution in [2.45, 2.75) is 13.3 Å². The van der Waals surface area contributed by atoms with Crippen molar-refractivity contribution in [3.8, 4) is 11.3 Å². The predicted octanol–water partition coefficient (Wildman–Crippen LogP) is 3.27. The van der Waals surface area contributed by atoms with Crippen molar-refractivity contribution in [2.75, 3.05) is 19.6 Å². The molecule has 3 rings (SSSR count). The van der Waals surface area contributed by atoms with Crippen LogP contribution in [0.2, 0.25) is 0 Å². The first-order valence-electron chi connectivity index (χ1n) is 7.84. The predicted molar refractivity (Wildman–Crippen MR) is 96.2 cm³/mol. The largest absolute Gasteiger partial charge is 0.340 e. The zero-order valence-corrected chi connectivity index (χ0v) is 15.1. The molecule has 1 unspecified atom stereocenters. The smallest absolute Gasteiger partial charge is 0.270 e. The van der Waals surface area contributed by atoms with Gasteiger partial charge in [0.05, 0.1) is 0 Å². The molecule has 1 aromatic carbocycles. The molecule has 0 saturated carbocycles. The van der Waals surface area contributed by atoms with E-state index < -0.39 is 0 Å². The van der Waals surface area contributed by atoms with Crippen LogP contribution in [0, 0.1) is 5.41 Å². The normalized spacial score (nSPS) is 21.0. The van der Waals surface area contributed by atoms with Crippen molar-refractivity contribution >= 4 is 21.8 Å². The topological polar surface area (TPSA) is 51.3 Å². The molecule has 1 atom stereocenters. The number of carbonyl (C=O) groups is 1. The van der Waals surface area contributed by atoms with Gasteiger partial charge in [0, 0.05) is 30.3 Å². The number of likely N-dealkylation sites (tertiary alicyclic amines) is 1. The second kappa shape index (κ2) is 6.13. The molecule has 1 aliphatic heterocycles. The van der Waals surface area contributed by atoms with Crippen LogP contribution in [-0.2, 0) is 7.05 Å². The van der Waals surface area contributed by atoms with Gasteiger partial charge in [-0.3, -0.25) is 4.79 Å². The van der Waals surface area contributed by atoms with Crippen LogP contribution in [0.3, 0.4) is 0 Å². The number of benzene rings is 1. The van der Waals surface area contributed by atoms with Crippen molar-refractivity contribution in [3.63, 3.8) is 0 Å². The van der Waals surface area contributed by atoms with E-state index in [-0.39, 0.29) is 11.3 Å². The number of rotatable bonds is 3.